The standard InChI is InChI=1S/C23H26FN5O5/c1-33-18-8-3-15(13-19(18)34-2)9-10-25-20(30)14-29-22(32)21(31)28-12-11-27(23(28)26-29)17-6-4-16(24)5-7-17/h3-8,13,23,26H,9-12,14H2,1-2H3,(H,25,30). The molecule has 2 heterocycles. The predicted molar refractivity (Wildman–Crippen MR) is 120 cm³/mol. The SMILES string of the molecule is COc1ccc(CCNC(=O)CN2NC3N(CCN3c3ccc(F)cc3)C(=O)C2=O)cc1OC. The molecule has 1 atom stereocenters. The van der Waals surface area contributed by atoms with Crippen LogP contribution < -0.4 is 25.1 Å². The van der Waals surface area contributed by atoms with E-state index < -0.39 is 24.0 Å². The molecule has 0 bridgehead atoms. The number of fused-ring (bicyclic) bond motifs is 1. The van der Waals surface area contributed by atoms with Crippen LogP contribution in [0.1, 0.15) is 5.56 Å². The number of hydrazine groups is 1. The van der Waals surface area contributed by atoms with E-state index in [0.717, 1.165) is 10.6 Å². The number of nitrogens with zero attached hydrogens (tertiary/aromatic N) is 3. The summed E-state index contributed by atoms with van der Waals surface area (Å²) in [5, 5.41) is 3.79. The molecule has 2 fully saturated rings. The van der Waals surface area contributed by atoms with Gasteiger partial charge in [0.15, 0.2) is 17.8 Å². The number of carbonyl (C=O) groups excluding carboxylic acids is 3. The first-order chi connectivity index (χ1) is 16.4. The Morgan fingerprint density at radius 3 is 2.44 bits per heavy atom. The topological polar surface area (TPSA) is 103 Å². The molecule has 180 valence electrons. The van der Waals surface area contributed by atoms with Gasteiger partial charge in [0.05, 0.1) is 14.2 Å². The minimum Gasteiger partial charge on any atom is -0.493 e. The van der Waals surface area contributed by atoms with E-state index in [2.05, 4.69) is 10.7 Å². The number of amides is 3. The third-order valence-electron chi connectivity index (χ3n) is 5.78. The van der Waals surface area contributed by atoms with Crippen molar-refractivity contribution in [2.75, 3.05) is 45.3 Å². The highest BCUT2D eigenvalue weighted by molar-refractivity contribution is 6.35. The molecule has 2 aromatic rings. The molecular formula is C23H26FN5O5. The first kappa shape index (κ1) is 23.3. The number of rotatable bonds is 8. The van der Waals surface area contributed by atoms with Crippen molar-refractivity contribution in [3.8, 4) is 11.5 Å². The van der Waals surface area contributed by atoms with Crippen molar-refractivity contribution in [3.05, 3.63) is 53.8 Å². The molecule has 2 aromatic carbocycles. The van der Waals surface area contributed by atoms with Crippen molar-refractivity contribution in [3.63, 3.8) is 0 Å². The Morgan fingerprint density at radius 2 is 1.74 bits per heavy atom. The summed E-state index contributed by atoms with van der Waals surface area (Å²) in [5.74, 6) is -1.05. The van der Waals surface area contributed by atoms with Gasteiger partial charge in [0, 0.05) is 25.3 Å². The summed E-state index contributed by atoms with van der Waals surface area (Å²) in [6, 6.07) is 11.4. The van der Waals surface area contributed by atoms with Crippen molar-refractivity contribution < 1.29 is 28.2 Å². The van der Waals surface area contributed by atoms with Crippen LogP contribution in [-0.4, -0.2) is 74.3 Å². The van der Waals surface area contributed by atoms with E-state index in [1.54, 1.807) is 32.4 Å². The Hall–Kier alpha value is -3.86. The molecule has 1 unspecified atom stereocenters. The van der Waals surface area contributed by atoms with Crippen LogP contribution in [0.15, 0.2) is 42.5 Å². The van der Waals surface area contributed by atoms with Crippen LogP contribution in [0.3, 0.4) is 0 Å². The van der Waals surface area contributed by atoms with E-state index in [4.69, 9.17) is 9.47 Å². The summed E-state index contributed by atoms with van der Waals surface area (Å²) in [6.07, 6.45) is -0.101. The Bertz CT molecular complexity index is 1080. The summed E-state index contributed by atoms with van der Waals surface area (Å²) in [7, 11) is 3.11. The second kappa shape index (κ2) is 9.96. The quantitative estimate of drug-likeness (QED) is 0.540. The molecule has 0 spiro atoms. The van der Waals surface area contributed by atoms with Gasteiger partial charge >= 0.3 is 11.8 Å². The molecule has 4 rings (SSSR count). The van der Waals surface area contributed by atoms with Crippen molar-refractivity contribution >= 4 is 23.4 Å². The van der Waals surface area contributed by atoms with Gasteiger partial charge in [-0.1, -0.05) is 6.07 Å². The van der Waals surface area contributed by atoms with Gasteiger partial charge in [0.1, 0.15) is 12.4 Å². The molecule has 2 aliphatic heterocycles. The third kappa shape index (κ3) is 4.74. The second-order valence-corrected chi connectivity index (χ2v) is 7.85. The normalized spacial score (nSPS) is 17.6. The van der Waals surface area contributed by atoms with Crippen LogP contribution in [0.4, 0.5) is 10.1 Å². The summed E-state index contributed by atoms with van der Waals surface area (Å²) in [4.78, 5) is 40.8. The minimum absolute atomic E-state index is 0.321. The Morgan fingerprint density at radius 1 is 1.03 bits per heavy atom. The zero-order valence-electron chi connectivity index (χ0n) is 18.9. The maximum absolute atomic E-state index is 13.3. The van der Waals surface area contributed by atoms with Gasteiger partial charge in [0.2, 0.25) is 5.91 Å². The van der Waals surface area contributed by atoms with Crippen LogP contribution in [-0.2, 0) is 20.8 Å². The number of ether oxygens (including phenoxy) is 2. The molecule has 0 radical (unpaired) electrons. The molecule has 11 heteroatoms. The number of hydrogen-bond donors (Lipinski definition) is 2. The maximum atomic E-state index is 13.3. The van der Waals surface area contributed by atoms with Gasteiger partial charge < -0.3 is 19.7 Å². The molecule has 0 saturated carbocycles. The highest BCUT2D eigenvalue weighted by Gasteiger charge is 2.45. The van der Waals surface area contributed by atoms with Crippen molar-refractivity contribution in [2.45, 2.75) is 12.7 Å². The van der Waals surface area contributed by atoms with E-state index in [-0.39, 0.29) is 12.4 Å². The highest BCUT2D eigenvalue weighted by atomic mass is 19.1. The minimum atomic E-state index is -0.799. The van der Waals surface area contributed by atoms with Crippen LogP contribution in [0.25, 0.3) is 0 Å². The summed E-state index contributed by atoms with van der Waals surface area (Å²) in [5.41, 5.74) is 4.59. The molecular weight excluding hydrogens is 445 g/mol. The first-order valence-corrected chi connectivity index (χ1v) is 10.8. The fourth-order valence-corrected chi connectivity index (χ4v) is 4.02. The Balaban J connectivity index is 1.34. The molecule has 34 heavy (non-hydrogen) atoms. The van der Waals surface area contributed by atoms with Gasteiger partial charge in [-0.2, -0.15) is 5.43 Å². The van der Waals surface area contributed by atoms with E-state index in [0.29, 0.717) is 43.2 Å². The first-order valence-electron chi connectivity index (χ1n) is 10.8. The molecule has 10 nitrogen and oxygen atoms in total. The van der Waals surface area contributed by atoms with Gasteiger partial charge in [-0.05, 0) is 48.4 Å². The number of carbonyl (C=O) groups is 3. The average molecular weight is 471 g/mol. The Kier molecular flexibility index (Phi) is 6.82. The van der Waals surface area contributed by atoms with Gasteiger partial charge in [-0.15, -0.1) is 0 Å². The number of halogens is 1. The summed E-state index contributed by atoms with van der Waals surface area (Å²) < 4.78 is 23.8. The molecule has 2 saturated heterocycles. The fraction of sp³-hybridized carbons (Fsp3) is 0.348. The van der Waals surface area contributed by atoms with Gasteiger partial charge in [0.25, 0.3) is 0 Å². The second-order valence-electron chi connectivity index (χ2n) is 7.85. The molecule has 3 amide bonds. The number of hydrogen-bond acceptors (Lipinski definition) is 7. The summed E-state index contributed by atoms with van der Waals surface area (Å²) >= 11 is 0. The lowest BCUT2D eigenvalue weighted by molar-refractivity contribution is -0.163. The van der Waals surface area contributed by atoms with E-state index >= 15 is 0 Å². The number of benzene rings is 2. The smallest absolute Gasteiger partial charge is 0.326 e. The zero-order chi connectivity index (χ0) is 24.2. The van der Waals surface area contributed by atoms with Crippen molar-refractivity contribution in [1.29, 1.82) is 0 Å². The molecule has 0 aliphatic carbocycles. The molecule has 2 N–H and O–H groups in total. The molecule has 0 aromatic heterocycles. The van der Waals surface area contributed by atoms with Crippen LogP contribution >= 0.6 is 0 Å². The maximum Gasteiger partial charge on any atom is 0.326 e. The fourth-order valence-electron chi connectivity index (χ4n) is 4.02. The number of methoxy groups -OCH3 is 2. The lowest BCUT2D eigenvalue weighted by Crippen LogP contribution is -2.68. The van der Waals surface area contributed by atoms with E-state index in [1.165, 1.54) is 17.0 Å². The van der Waals surface area contributed by atoms with Crippen molar-refractivity contribution in [1.82, 2.24) is 20.7 Å². The Labute approximate surface area is 196 Å². The van der Waals surface area contributed by atoms with E-state index in [9.17, 15) is 18.8 Å². The predicted octanol–water partition coefficient (Wildman–Crippen LogP) is 0.481. The van der Waals surface area contributed by atoms with E-state index in [1.807, 2.05) is 17.0 Å². The summed E-state index contributed by atoms with van der Waals surface area (Å²) in [6.45, 7) is 0.818. The number of nitrogens with one attached hydrogen (secondary N) is 2. The zero-order valence-corrected chi connectivity index (χ0v) is 18.9. The lowest BCUT2D eigenvalue weighted by Gasteiger charge is -2.40. The van der Waals surface area contributed by atoms with Crippen molar-refractivity contribution in [2.24, 2.45) is 0 Å². The average Bonchev–Trinajstić information content (AvgIpc) is 3.26. The monoisotopic (exact) mass is 471 g/mol. The van der Waals surface area contributed by atoms with Gasteiger partial charge in [-0.25, -0.2) is 4.39 Å². The number of anilines is 1. The van der Waals surface area contributed by atoms with Crippen LogP contribution in [0.2, 0.25) is 0 Å². The lowest BCUT2D eigenvalue weighted by atomic mass is 10.1. The third-order valence-corrected chi connectivity index (χ3v) is 5.78. The van der Waals surface area contributed by atoms with Crippen LogP contribution in [0.5, 0.6) is 11.5 Å². The van der Waals surface area contributed by atoms with Crippen LogP contribution in [0, 0.1) is 5.82 Å². The molecule has 2 aliphatic rings. The largest absolute Gasteiger partial charge is 0.493 e. The highest BCUT2D eigenvalue weighted by Crippen LogP contribution is 2.28. The van der Waals surface area contributed by atoms with Gasteiger partial charge in [-0.3, -0.25) is 24.3 Å².